The number of aromatic nitrogens is 2. The molecule has 2 amide bonds. The Morgan fingerprint density at radius 2 is 1.92 bits per heavy atom. The summed E-state index contributed by atoms with van der Waals surface area (Å²) in [6.07, 6.45) is -2.36. The summed E-state index contributed by atoms with van der Waals surface area (Å²) >= 11 is 5.62. The highest BCUT2D eigenvalue weighted by Gasteiger charge is 2.50. The Kier molecular flexibility index (Phi) is 5.65. The van der Waals surface area contributed by atoms with Gasteiger partial charge in [-0.1, -0.05) is 6.92 Å². The molecule has 2 unspecified atom stereocenters. The van der Waals surface area contributed by atoms with Gasteiger partial charge in [0, 0.05) is 24.7 Å². The molecule has 7 nitrogen and oxygen atoms in total. The molecule has 2 atom stereocenters. The number of carbonyl (C=O) groups is 2. The number of urea groups is 1. The van der Waals surface area contributed by atoms with Crippen LogP contribution in [-0.2, 0) is 4.79 Å². The molecule has 2 rings (SSSR count). The molecule has 0 saturated carbocycles. The molecule has 26 heavy (non-hydrogen) atoms. The number of Topliss-reactive ketones (excluding diaryl/α,β-unsaturated/α-hetero) is 1. The molecule has 0 bridgehead atoms. The molecule has 1 aromatic rings. The Morgan fingerprint density at radius 3 is 2.46 bits per heavy atom. The van der Waals surface area contributed by atoms with E-state index in [0.29, 0.717) is 5.69 Å². The molecular formula is C15H15ClF3N5O2. The second-order valence-electron chi connectivity index (χ2n) is 5.68. The summed E-state index contributed by atoms with van der Waals surface area (Å²) in [5.74, 6) is -4.06. The van der Waals surface area contributed by atoms with E-state index in [1.54, 1.807) is 6.92 Å². The van der Waals surface area contributed by atoms with Gasteiger partial charge in [-0.2, -0.15) is 13.2 Å². The van der Waals surface area contributed by atoms with Crippen LogP contribution in [0.4, 0.5) is 23.7 Å². The van der Waals surface area contributed by atoms with Crippen molar-refractivity contribution in [3.05, 3.63) is 29.1 Å². The molecule has 0 aromatic carbocycles. The number of aryl methyl sites for hydroxylation is 1. The number of carbonyl (C=O) groups excluding carboxylic acids is 2. The minimum Gasteiger partial charge on any atom is -0.310 e. The smallest absolute Gasteiger partial charge is 0.310 e. The van der Waals surface area contributed by atoms with Gasteiger partial charge in [0.2, 0.25) is 5.28 Å². The van der Waals surface area contributed by atoms with E-state index in [-0.39, 0.29) is 16.7 Å². The van der Waals surface area contributed by atoms with Crippen LogP contribution in [0.2, 0.25) is 5.28 Å². The third kappa shape index (κ3) is 4.37. The van der Waals surface area contributed by atoms with Crippen molar-refractivity contribution in [3.63, 3.8) is 0 Å². The van der Waals surface area contributed by atoms with Crippen molar-refractivity contribution in [2.45, 2.75) is 26.9 Å². The zero-order valence-electron chi connectivity index (χ0n) is 14.0. The second kappa shape index (κ2) is 7.40. The van der Waals surface area contributed by atoms with Crippen LogP contribution in [0.15, 0.2) is 23.1 Å². The first kappa shape index (κ1) is 19.8. The predicted molar refractivity (Wildman–Crippen MR) is 88.8 cm³/mol. The number of amides is 2. The number of ketones is 1. The number of alkyl halides is 3. The number of allylic oxidation sites excluding steroid dienone is 1. The molecule has 1 aliphatic heterocycles. The van der Waals surface area contributed by atoms with E-state index >= 15 is 0 Å². The molecule has 2 heterocycles. The summed E-state index contributed by atoms with van der Waals surface area (Å²) in [7, 11) is 0. The molecule has 0 fully saturated rings. The summed E-state index contributed by atoms with van der Waals surface area (Å²) in [6, 6.07) is -0.792. The fourth-order valence-corrected chi connectivity index (χ4v) is 2.67. The molecule has 0 spiro atoms. The molecule has 0 aliphatic carbocycles. The maximum Gasteiger partial charge on any atom is 0.398 e. The second-order valence-corrected chi connectivity index (χ2v) is 6.02. The van der Waals surface area contributed by atoms with Gasteiger partial charge in [0.1, 0.15) is 5.92 Å². The first-order valence-corrected chi connectivity index (χ1v) is 7.81. The Bertz CT molecular complexity index is 807. The van der Waals surface area contributed by atoms with Gasteiger partial charge >= 0.3 is 12.2 Å². The van der Waals surface area contributed by atoms with E-state index in [4.69, 9.17) is 11.6 Å². The maximum absolute atomic E-state index is 13.3. The molecule has 0 saturated heterocycles. The van der Waals surface area contributed by atoms with Gasteiger partial charge in [-0.3, -0.25) is 9.79 Å². The van der Waals surface area contributed by atoms with Crippen molar-refractivity contribution in [2.24, 2.45) is 16.8 Å². The highest BCUT2D eigenvalue weighted by atomic mass is 35.5. The van der Waals surface area contributed by atoms with Crippen molar-refractivity contribution in [3.8, 4) is 0 Å². The number of nitrogens with one attached hydrogen (secondary N) is 2. The monoisotopic (exact) mass is 389 g/mol. The Labute approximate surface area is 151 Å². The van der Waals surface area contributed by atoms with Gasteiger partial charge < -0.3 is 10.6 Å². The van der Waals surface area contributed by atoms with Gasteiger partial charge in [-0.15, -0.1) is 0 Å². The quantitative estimate of drug-likeness (QED) is 0.775. The zero-order chi connectivity index (χ0) is 19.6. The highest BCUT2D eigenvalue weighted by Crippen LogP contribution is 2.38. The summed E-state index contributed by atoms with van der Waals surface area (Å²) < 4.78 is 40.0. The van der Waals surface area contributed by atoms with E-state index < -0.39 is 35.5 Å². The summed E-state index contributed by atoms with van der Waals surface area (Å²) in [4.78, 5) is 34.7. The summed E-state index contributed by atoms with van der Waals surface area (Å²) in [6.45, 7) is 3.86. The minimum absolute atomic E-state index is 0.00353. The van der Waals surface area contributed by atoms with Crippen LogP contribution in [0.25, 0.3) is 0 Å². The molecule has 1 aromatic heterocycles. The topological polar surface area (TPSA) is 96.3 Å². The van der Waals surface area contributed by atoms with Crippen LogP contribution in [-0.4, -0.2) is 33.7 Å². The van der Waals surface area contributed by atoms with Crippen LogP contribution >= 0.6 is 11.6 Å². The van der Waals surface area contributed by atoms with Crippen LogP contribution in [0, 0.1) is 18.8 Å². The number of halogens is 4. The molecule has 1 aliphatic rings. The maximum atomic E-state index is 13.3. The third-order valence-electron chi connectivity index (χ3n) is 3.80. The average Bonchev–Trinajstić information content (AvgIpc) is 2.50. The molecule has 0 radical (unpaired) electrons. The van der Waals surface area contributed by atoms with Crippen LogP contribution < -0.4 is 10.6 Å². The van der Waals surface area contributed by atoms with Crippen molar-refractivity contribution in [1.29, 1.82) is 0 Å². The van der Waals surface area contributed by atoms with Gasteiger partial charge in [0.15, 0.2) is 5.78 Å². The van der Waals surface area contributed by atoms with E-state index in [0.717, 1.165) is 13.1 Å². The van der Waals surface area contributed by atoms with Crippen molar-refractivity contribution < 1.29 is 22.8 Å². The number of rotatable bonds is 3. The molecular weight excluding hydrogens is 375 g/mol. The molecule has 2 N–H and O–H groups in total. The van der Waals surface area contributed by atoms with E-state index in [9.17, 15) is 22.8 Å². The Morgan fingerprint density at radius 1 is 1.27 bits per heavy atom. The van der Waals surface area contributed by atoms with E-state index in [1.807, 2.05) is 0 Å². The third-order valence-corrected chi connectivity index (χ3v) is 3.98. The standard InChI is InChI=1S/C15H15ClF3N5O2/c1-6-9(4-20-12(8(3)25)11(6)15(17,18)19)23-14(26)24-10-5-21-13(16)22-7(10)2/h4-6,11H,1-3H3,(H2,23,24,26). The number of nitrogens with zero attached hydrogens (tertiary/aromatic N) is 3. The largest absolute Gasteiger partial charge is 0.398 e. The zero-order valence-corrected chi connectivity index (χ0v) is 14.7. The van der Waals surface area contributed by atoms with Crippen LogP contribution in [0.3, 0.4) is 0 Å². The lowest BCUT2D eigenvalue weighted by molar-refractivity contribution is -0.165. The van der Waals surface area contributed by atoms with Gasteiger partial charge in [-0.25, -0.2) is 14.8 Å². The van der Waals surface area contributed by atoms with Crippen LogP contribution in [0.1, 0.15) is 19.5 Å². The number of hydrogen-bond donors (Lipinski definition) is 2. The van der Waals surface area contributed by atoms with Gasteiger partial charge in [-0.05, 0) is 18.5 Å². The number of hydrogen-bond acceptors (Lipinski definition) is 5. The lowest BCUT2D eigenvalue weighted by Crippen LogP contribution is -2.44. The number of anilines is 1. The normalized spacial score (nSPS) is 20.1. The average molecular weight is 390 g/mol. The summed E-state index contributed by atoms with van der Waals surface area (Å²) in [5.41, 5.74) is -0.0209. The van der Waals surface area contributed by atoms with E-state index in [2.05, 4.69) is 25.6 Å². The molecule has 140 valence electrons. The summed E-state index contributed by atoms with van der Waals surface area (Å²) in [5, 5.41) is 4.74. The number of aliphatic imine (C=N–C) groups is 1. The van der Waals surface area contributed by atoms with Crippen molar-refractivity contribution in [1.82, 2.24) is 15.3 Å². The lowest BCUT2D eigenvalue weighted by atomic mass is 9.83. The van der Waals surface area contributed by atoms with Crippen molar-refractivity contribution >= 4 is 34.8 Å². The van der Waals surface area contributed by atoms with Gasteiger partial charge in [0.25, 0.3) is 0 Å². The Hall–Kier alpha value is -2.49. The molecule has 11 heteroatoms. The van der Waals surface area contributed by atoms with E-state index in [1.165, 1.54) is 13.1 Å². The van der Waals surface area contributed by atoms with Crippen molar-refractivity contribution in [2.75, 3.05) is 5.32 Å². The SMILES string of the molecule is CC(=O)C1=NC=C(NC(=O)Nc2cnc(Cl)nc2C)C(C)C1C(F)(F)F. The van der Waals surface area contributed by atoms with Crippen LogP contribution in [0.5, 0.6) is 0 Å². The first-order chi connectivity index (χ1) is 12.0. The first-order valence-electron chi connectivity index (χ1n) is 7.43. The fourth-order valence-electron chi connectivity index (χ4n) is 2.49. The highest BCUT2D eigenvalue weighted by molar-refractivity contribution is 6.40. The van der Waals surface area contributed by atoms with Gasteiger partial charge in [0.05, 0.1) is 23.3 Å². The predicted octanol–water partition coefficient (Wildman–Crippen LogP) is 3.26. The fraction of sp³-hybridized carbons (Fsp3) is 0.400. The minimum atomic E-state index is -4.68. The lowest BCUT2D eigenvalue weighted by Gasteiger charge is -2.31. The Balaban J connectivity index is 2.20.